The van der Waals surface area contributed by atoms with Crippen molar-refractivity contribution < 1.29 is 18.0 Å². The van der Waals surface area contributed by atoms with Gasteiger partial charge in [0.1, 0.15) is 12.6 Å². The van der Waals surface area contributed by atoms with E-state index in [9.17, 15) is 18.0 Å². The highest BCUT2D eigenvalue weighted by Gasteiger charge is 2.32. The second kappa shape index (κ2) is 13.1. The van der Waals surface area contributed by atoms with Crippen LogP contribution in [0.3, 0.4) is 0 Å². The molecule has 9 heteroatoms. The molecule has 1 N–H and O–H groups in total. The standard InChI is InChI=1S/C30H36ClN3O4S/c1-21(2)18-32-30(36)24(5)33(19-25-9-7-6-8-10-25)29(35)20-34(26-14-13-23(4)28(31)17-26)39(37,38)27-15-11-22(3)12-16-27/h6-17,21,24H,18-20H2,1-5H3,(H,32,36). The lowest BCUT2D eigenvalue weighted by Crippen LogP contribution is -2.51. The van der Waals surface area contributed by atoms with E-state index in [4.69, 9.17) is 11.6 Å². The van der Waals surface area contributed by atoms with E-state index in [1.807, 2.05) is 58.0 Å². The molecular weight excluding hydrogens is 534 g/mol. The quantitative estimate of drug-likeness (QED) is 0.338. The number of amides is 2. The molecule has 0 fully saturated rings. The van der Waals surface area contributed by atoms with Crippen LogP contribution >= 0.6 is 11.6 Å². The van der Waals surface area contributed by atoms with E-state index >= 15 is 0 Å². The lowest BCUT2D eigenvalue weighted by Gasteiger charge is -2.32. The van der Waals surface area contributed by atoms with E-state index in [-0.39, 0.29) is 29.0 Å². The van der Waals surface area contributed by atoms with Gasteiger partial charge >= 0.3 is 0 Å². The predicted octanol–water partition coefficient (Wildman–Crippen LogP) is 5.34. The van der Waals surface area contributed by atoms with Gasteiger partial charge in [0, 0.05) is 18.1 Å². The molecule has 208 valence electrons. The smallest absolute Gasteiger partial charge is 0.264 e. The summed E-state index contributed by atoms with van der Waals surface area (Å²) in [6.45, 7) is 9.40. The summed E-state index contributed by atoms with van der Waals surface area (Å²) in [7, 11) is -4.14. The van der Waals surface area contributed by atoms with Crippen LogP contribution in [-0.4, -0.2) is 44.3 Å². The monoisotopic (exact) mass is 569 g/mol. The molecule has 2 amide bonds. The van der Waals surface area contributed by atoms with Crippen molar-refractivity contribution in [1.82, 2.24) is 10.2 Å². The van der Waals surface area contributed by atoms with Crippen molar-refractivity contribution in [3.8, 4) is 0 Å². The van der Waals surface area contributed by atoms with Gasteiger partial charge in [-0.3, -0.25) is 13.9 Å². The minimum Gasteiger partial charge on any atom is -0.354 e. The van der Waals surface area contributed by atoms with Crippen LogP contribution in [-0.2, 0) is 26.2 Å². The number of nitrogens with zero attached hydrogens (tertiary/aromatic N) is 2. The Balaban J connectivity index is 2.02. The van der Waals surface area contributed by atoms with Crippen molar-refractivity contribution in [2.24, 2.45) is 5.92 Å². The number of sulfonamides is 1. The summed E-state index contributed by atoms with van der Waals surface area (Å²) in [5.74, 6) is -0.585. The van der Waals surface area contributed by atoms with Gasteiger partial charge in [-0.25, -0.2) is 8.42 Å². The topological polar surface area (TPSA) is 86.8 Å². The van der Waals surface area contributed by atoms with E-state index < -0.39 is 28.5 Å². The van der Waals surface area contributed by atoms with E-state index in [2.05, 4.69) is 5.32 Å². The zero-order valence-corrected chi connectivity index (χ0v) is 24.6. The number of halogens is 1. The summed E-state index contributed by atoms with van der Waals surface area (Å²) < 4.78 is 28.8. The zero-order valence-electron chi connectivity index (χ0n) is 23.0. The van der Waals surface area contributed by atoms with Gasteiger partial charge < -0.3 is 10.2 Å². The Hall–Kier alpha value is -3.36. The van der Waals surface area contributed by atoms with Crippen LogP contribution in [0, 0.1) is 19.8 Å². The minimum atomic E-state index is -4.14. The Morgan fingerprint density at radius 3 is 2.15 bits per heavy atom. The van der Waals surface area contributed by atoms with Crippen LogP contribution in [0.15, 0.2) is 77.7 Å². The van der Waals surface area contributed by atoms with Gasteiger partial charge in [-0.2, -0.15) is 0 Å². The van der Waals surface area contributed by atoms with Crippen molar-refractivity contribution in [2.45, 2.75) is 52.1 Å². The molecular formula is C30H36ClN3O4S. The van der Waals surface area contributed by atoms with Crippen LogP contribution in [0.5, 0.6) is 0 Å². The number of hydrogen-bond donors (Lipinski definition) is 1. The van der Waals surface area contributed by atoms with Gasteiger partial charge in [0.25, 0.3) is 10.0 Å². The van der Waals surface area contributed by atoms with Gasteiger partial charge in [0.2, 0.25) is 11.8 Å². The molecule has 7 nitrogen and oxygen atoms in total. The largest absolute Gasteiger partial charge is 0.354 e. The van der Waals surface area contributed by atoms with Gasteiger partial charge in [-0.05, 0) is 62.1 Å². The molecule has 1 unspecified atom stereocenters. The Kier molecular flexibility index (Phi) is 10.2. The number of hydrogen-bond acceptors (Lipinski definition) is 4. The summed E-state index contributed by atoms with van der Waals surface area (Å²) in [5, 5.41) is 3.26. The first-order valence-corrected chi connectivity index (χ1v) is 14.7. The summed E-state index contributed by atoms with van der Waals surface area (Å²) in [6.07, 6.45) is 0. The van der Waals surface area contributed by atoms with Crippen LogP contribution in [0.4, 0.5) is 5.69 Å². The van der Waals surface area contributed by atoms with Crippen molar-refractivity contribution in [3.63, 3.8) is 0 Å². The van der Waals surface area contributed by atoms with E-state index in [1.165, 1.54) is 23.1 Å². The highest BCUT2D eigenvalue weighted by Crippen LogP contribution is 2.28. The zero-order chi connectivity index (χ0) is 28.7. The number of carbonyl (C=O) groups excluding carboxylic acids is 2. The fourth-order valence-electron chi connectivity index (χ4n) is 3.92. The molecule has 0 aliphatic heterocycles. The molecule has 0 radical (unpaired) electrons. The third kappa shape index (κ3) is 7.83. The first kappa shape index (κ1) is 30.2. The Labute approximate surface area is 236 Å². The lowest BCUT2D eigenvalue weighted by molar-refractivity contribution is -0.139. The second-order valence-electron chi connectivity index (χ2n) is 10.1. The molecule has 1 atom stereocenters. The Morgan fingerprint density at radius 2 is 1.56 bits per heavy atom. The molecule has 0 aromatic heterocycles. The van der Waals surface area contributed by atoms with Crippen LogP contribution in [0.2, 0.25) is 5.02 Å². The first-order valence-electron chi connectivity index (χ1n) is 12.9. The molecule has 39 heavy (non-hydrogen) atoms. The molecule has 3 aromatic rings. The average molecular weight is 570 g/mol. The molecule has 0 saturated carbocycles. The normalized spacial score (nSPS) is 12.2. The van der Waals surface area contributed by atoms with Gasteiger partial charge in [0.15, 0.2) is 0 Å². The molecule has 0 aliphatic rings. The van der Waals surface area contributed by atoms with Crippen molar-refractivity contribution in [3.05, 3.63) is 94.5 Å². The third-order valence-electron chi connectivity index (χ3n) is 6.38. The van der Waals surface area contributed by atoms with E-state index in [0.29, 0.717) is 11.6 Å². The van der Waals surface area contributed by atoms with Crippen molar-refractivity contribution in [1.29, 1.82) is 0 Å². The fourth-order valence-corrected chi connectivity index (χ4v) is 5.50. The number of aryl methyl sites for hydroxylation is 2. The predicted molar refractivity (Wildman–Crippen MR) is 156 cm³/mol. The summed E-state index contributed by atoms with van der Waals surface area (Å²) in [4.78, 5) is 28.4. The fraction of sp³-hybridized carbons (Fsp3) is 0.333. The Bertz CT molecular complexity index is 1390. The molecule has 3 rings (SSSR count). The molecule has 3 aromatic carbocycles. The molecule has 0 heterocycles. The van der Waals surface area contributed by atoms with E-state index in [1.54, 1.807) is 31.2 Å². The number of nitrogens with one attached hydrogen (secondary N) is 1. The number of rotatable bonds is 11. The summed E-state index contributed by atoms with van der Waals surface area (Å²) in [5.41, 5.74) is 2.77. The van der Waals surface area contributed by atoms with E-state index in [0.717, 1.165) is 21.0 Å². The van der Waals surface area contributed by atoms with Crippen molar-refractivity contribution in [2.75, 3.05) is 17.4 Å². The van der Waals surface area contributed by atoms with Crippen LogP contribution < -0.4 is 9.62 Å². The molecule has 0 saturated heterocycles. The maximum Gasteiger partial charge on any atom is 0.264 e. The summed E-state index contributed by atoms with van der Waals surface area (Å²) >= 11 is 6.36. The minimum absolute atomic E-state index is 0.0509. The van der Waals surface area contributed by atoms with Gasteiger partial charge in [-0.1, -0.05) is 79.5 Å². The average Bonchev–Trinajstić information content (AvgIpc) is 2.90. The molecule has 0 spiro atoms. The maximum atomic E-state index is 13.9. The third-order valence-corrected chi connectivity index (χ3v) is 8.57. The first-order chi connectivity index (χ1) is 18.4. The molecule has 0 bridgehead atoms. The van der Waals surface area contributed by atoms with Gasteiger partial charge in [-0.15, -0.1) is 0 Å². The van der Waals surface area contributed by atoms with Crippen LogP contribution in [0.1, 0.15) is 37.5 Å². The highest BCUT2D eigenvalue weighted by molar-refractivity contribution is 7.92. The van der Waals surface area contributed by atoms with Gasteiger partial charge in [0.05, 0.1) is 10.6 Å². The summed E-state index contributed by atoms with van der Waals surface area (Å²) in [6, 6.07) is 19.8. The van der Waals surface area contributed by atoms with Crippen molar-refractivity contribution >= 4 is 39.1 Å². The highest BCUT2D eigenvalue weighted by atomic mass is 35.5. The number of benzene rings is 3. The maximum absolute atomic E-state index is 13.9. The Morgan fingerprint density at radius 1 is 0.923 bits per heavy atom. The lowest BCUT2D eigenvalue weighted by atomic mass is 10.1. The SMILES string of the molecule is Cc1ccc(S(=O)(=O)N(CC(=O)N(Cc2ccccc2)C(C)C(=O)NCC(C)C)c2ccc(C)c(Cl)c2)cc1. The molecule has 0 aliphatic carbocycles. The number of anilines is 1. The second-order valence-corrected chi connectivity index (χ2v) is 12.3. The number of carbonyl (C=O) groups is 2. The van der Waals surface area contributed by atoms with Crippen LogP contribution in [0.25, 0.3) is 0 Å².